The molecule has 1 rings (SSSR count). The monoisotopic (exact) mass is 370 g/mol. The van der Waals surface area contributed by atoms with Crippen LogP contribution in [0.2, 0.25) is 5.15 Å². The number of hydrogen-bond donors (Lipinski definition) is 0. The lowest BCUT2D eigenvalue weighted by atomic mass is 10.0. The zero-order valence-electron chi connectivity index (χ0n) is 10.4. The second kappa shape index (κ2) is 6.26. The lowest BCUT2D eigenvalue weighted by molar-refractivity contribution is -0.00944. The highest BCUT2D eigenvalue weighted by molar-refractivity contribution is 14.1. The maximum absolute atomic E-state index is 6.10. The van der Waals surface area contributed by atoms with Crippen molar-refractivity contribution >= 4 is 34.2 Å². The molecule has 1 unspecified atom stereocenters. The smallest absolute Gasteiger partial charge is 0.162 e. The summed E-state index contributed by atoms with van der Waals surface area (Å²) < 4.78 is 11.4. The van der Waals surface area contributed by atoms with Gasteiger partial charge < -0.3 is 9.47 Å². The lowest BCUT2D eigenvalue weighted by Gasteiger charge is -2.25. The van der Waals surface area contributed by atoms with Gasteiger partial charge in [0.1, 0.15) is 10.8 Å². The van der Waals surface area contributed by atoms with E-state index < -0.39 is 5.60 Å². The summed E-state index contributed by atoms with van der Waals surface area (Å²) in [6, 6.07) is 0. The van der Waals surface area contributed by atoms with Crippen LogP contribution in [0.5, 0.6) is 0 Å². The quantitative estimate of drug-likeness (QED) is 0.590. The van der Waals surface area contributed by atoms with E-state index in [1.54, 1.807) is 14.2 Å². The fraction of sp³-hybridized carbons (Fsp3) is 0.636. The van der Waals surface area contributed by atoms with Crippen molar-refractivity contribution < 1.29 is 9.47 Å². The summed E-state index contributed by atoms with van der Waals surface area (Å²) in [7, 11) is 3.27. The van der Waals surface area contributed by atoms with Gasteiger partial charge in [-0.15, -0.1) is 0 Å². The van der Waals surface area contributed by atoms with Crippen LogP contribution in [0.3, 0.4) is 0 Å². The Morgan fingerprint density at radius 1 is 1.35 bits per heavy atom. The molecule has 1 aromatic heterocycles. The summed E-state index contributed by atoms with van der Waals surface area (Å²) in [4.78, 5) is 8.78. The number of ether oxygens (including phenoxy) is 2. The topological polar surface area (TPSA) is 44.2 Å². The Bertz CT molecular complexity index is 397. The van der Waals surface area contributed by atoms with E-state index in [-0.39, 0.29) is 0 Å². The molecule has 0 fully saturated rings. The van der Waals surface area contributed by atoms with Crippen molar-refractivity contribution in [2.45, 2.75) is 32.5 Å². The molecule has 0 bridgehead atoms. The van der Waals surface area contributed by atoms with Gasteiger partial charge in [-0.25, -0.2) is 9.97 Å². The molecule has 4 nitrogen and oxygen atoms in total. The summed E-state index contributed by atoms with van der Waals surface area (Å²) in [5.41, 5.74) is 0.274. The van der Waals surface area contributed by atoms with Crippen molar-refractivity contribution in [2.24, 2.45) is 0 Å². The van der Waals surface area contributed by atoms with E-state index in [9.17, 15) is 0 Å². The van der Waals surface area contributed by atoms with Crippen molar-refractivity contribution in [1.82, 2.24) is 9.97 Å². The maximum Gasteiger partial charge on any atom is 0.162 e. The van der Waals surface area contributed by atoms with Crippen LogP contribution in [0.4, 0.5) is 0 Å². The highest BCUT2D eigenvalue weighted by Gasteiger charge is 2.29. The molecule has 0 spiro atoms. The zero-order valence-corrected chi connectivity index (χ0v) is 13.3. The van der Waals surface area contributed by atoms with Gasteiger partial charge in [-0.3, -0.25) is 0 Å². The van der Waals surface area contributed by atoms with Crippen molar-refractivity contribution in [2.75, 3.05) is 14.2 Å². The van der Waals surface area contributed by atoms with Gasteiger partial charge >= 0.3 is 0 Å². The van der Waals surface area contributed by atoms with E-state index >= 15 is 0 Å². The summed E-state index contributed by atoms with van der Waals surface area (Å²) in [6.45, 7) is 4.38. The predicted molar refractivity (Wildman–Crippen MR) is 75.1 cm³/mol. The highest BCUT2D eigenvalue weighted by atomic mass is 127. The van der Waals surface area contributed by atoms with Crippen LogP contribution in [0.1, 0.15) is 31.8 Å². The number of rotatable bonds is 5. The highest BCUT2D eigenvalue weighted by Crippen LogP contribution is 2.29. The van der Waals surface area contributed by atoms with Crippen molar-refractivity contribution in [3.8, 4) is 0 Å². The largest absolute Gasteiger partial charge is 0.378 e. The minimum absolute atomic E-state index is 0.414. The van der Waals surface area contributed by atoms with Gasteiger partial charge in [-0.05, 0) is 35.9 Å². The first-order valence-electron chi connectivity index (χ1n) is 5.25. The number of hydrogen-bond acceptors (Lipinski definition) is 4. The fourth-order valence-electron chi connectivity index (χ4n) is 1.33. The van der Waals surface area contributed by atoms with Crippen molar-refractivity contribution in [1.29, 1.82) is 0 Å². The Morgan fingerprint density at radius 3 is 2.47 bits per heavy atom. The third-order valence-corrected chi connectivity index (χ3v) is 4.48. The first-order valence-corrected chi connectivity index (χ1v) is 6.70. The molecule has 96 valence electrons. The van der Waals surface area contributed by atoms with Crippen molar-refractivity contribution in [3.05, 3.63) is 20.2 Å². The number of methoxy groups -OCH3 is 2. The van der Waals surface area contributed by atoms with Gasteiger partial charge in [0.05, 0.1) is 15.9 Å². The second-order valence-electron chi connectivity index (χ2n) is 3.82. The number of aromatic nitrogens is 2. The maximum atomic E-state index is 6.10. The van der Waals surface area contributed by atoms with Gasteiger partial charge in [0, 0.05) is 14.2 Å². The van der Waals surface area contributed by atoms with Gasteiger partial charge in [-0.1, -0.05) is 18.5 Å². The summed E-state index contributed by atoms with van der Waals surface area (Å²) in [5, 5.41) is 0.444. The van der Waals surface area contributed by atoms with E-state index in [1.165, 1.54) is 0 Å². The molecule has 1 atom stereocenters. The minimum atomic E-state index is -0.517. The average molecular weight is 371 g/mol. The Hall–Kier alpha value is 0.0200. The molecule has 0 N–H and O–H groups in total. The molecular weight excluding hydrogens is 354 g/mol. The van der Waals surface area contributed by atoms with Crippen LogP contribution >= 0.6 is 34.2 Å². The van der Waals surface area contributed by atoms with Gasteiger partial charge in [0.15, 0.2) is 5.82 Å². The lowest BCUT2D eigenvalue weighted by Crippen LogP contribution is -2.27. The fourth-order valence-corrected chi connectivity index (χ4v) is 1.91. The summed E-state index contributed by atoms with van der Waals surface area (Å²) in [5.74, 6) is 0.597. The van der Waals surface area contributed by atoms with Crippen LogP contribution in [0.25, 0.3) is 0 Å². The van der Waals surface area contributed by atoms with Gasteiger partial charge in [0.2, 0.25) is 0 Å². The summed E-state index contributed by atoms with van der Waals surface area (Å²) >= 11 is 8.22. The molecule has 0 aliphatic rings. The minimum Gasteiger partial charge on any atom is -0.378 e. The molecule has 0 aromatic carbocycles. The van der Waals surface area contributed by atoms with E-state index in [2.05, 4.69) is 32.6 Å². The van der Waals surface area contributed by atoms with Crippen LogP contribution in [-0.2, 0) is 21.7 Å². The van der Waals surface area contributed by atoms with E-state index in [0.29, 0.717) is 17.6 Å². The van der Waals surface area contributed by atoms with Gasteiger partial charge in [-0.2, -0.15) is 0 Å². The molecule has 0 aliphatic heterocycles. The Morgan fingerprint density at radius 2 is 2.00 bits per heavy atom. The first-order chi connectivity index (χ1) is 7.98. The Balaban J connectivity index is 3.26. The standard InChI is InChI=1S/C11H16ClIN2O2/c1-5-11(2,17-4)10-14-7(6-16-3)8(13)9(12)15-10/h5-6H2,1-4H3. The Kier molecular flexibility index (Phi) is 5.56. The summed E-state index contributed by atoms with van der Waals surface area (Å²) in [6.07, 6.45) is 0.771. The molecule has 0 radical (unpaired) electrons. The third-order valence-electron chi connectivity index (χ3n) is 2.76. The van der Waals surface area contributed by atoms with E-state index in [4.69, 9.17) is 21.1 Å². The molecule has 1 aromatic rings. The number of nitrogens with zero attached hydrogens (tertiary/aromatic N) is 2. The molecule has 0 amide bonds. The normalized spacial score (nSPS) is 14.7. The first kappa shape index (κ1) is 15.1. The average Bonchev–Trinajstić information content (AvgIpc) is 2.34. The van der Waals surface area contributed by atoms with Crippen molar-refractivity contribution in [3.63, 3.8) is 0 Å². The molecule has 17 heavy (non-hydrogen) atoms. The molecule has 0 aliphatic carbocycles. The van der Waals surface area contributed by atoms with E-state index in [1.807, 2.05) is 13.8 Å². The van der Waals surface area contributed by atoms with Crippen LogP contribution in [0.15, 0.2) is 0 Å². The van der Waals surface area contributed by atoms with Crippen LogP contribution in [-0.4, -0.2) is 24.2 Å². The SMILES string of the molecule is CCC(C)(OC)c1nc(Cl)c(I)c(COC)n1. The molecule has 1 heterocycles. The molecule has 0 saturated heterocycles. The Labute approximate surface area is 120 Å². The van der Waals surface area contributed by atoms with Crippen LogP contribution in [0, 0.1) is 3.57 Å². The van der Waals surface area contributed by atoms with E-state index in [0.717, 1.165) is 15.7 Å². The molecule has 6 heteroatoms. The van der Waals surface area contributed by atoms with Gasteiger partial charge in [0.25, 0.3) is 0 Å². The van der Waals surface area contributed by atoms with Crippen LogP contribution < -0.4 is 0 Å². The third kappa shape index (κ3) is 3.27. The second-order valence-corrected chi connectivity index (χ2v) is 5.26. The zero-order chi connectivity index (χ0) is 13.1. The molecule has 0 saturated carbocycles. The molecular formula is C11H16ClIN2O2. The number of halogens is 2. The predicted octanol–water partition coefficient (Wildman–Crippen LogP) is 3.15.